The standard InChI is InChI=1S/C22H24N2O3S2/c1-5-18(25)22-19(15-10-12-17(13-11-15)29(23,26)27)20(24(3)4)21(28-22)16-8-6-14(2)7-9-16/h6-13H,5H2,1-4H3,(H2,23,26,27). The summed E-state index contributed by atoms with van der Waals surface area (Å²) in [7, 11) is 0.117. The average molecular weight is 429 g/mol. The van der Waals surface area contributed by atoms with Crippen LogP contribution < -0.4 is 10.0 Å². The fourth-order valence-electron chi connectivity index (χ4n) is 3.19. The first-order valence-electron chi connectivity index (χ1n) is 9.21. The number of rotatable bonds is 6. The van der Waals surface area contributed by atoms with Gasteiger partial charge in [0.2, 0.25) is 10.0 Å². The van der Waals surface area contributed by atoms with Gasteiger partial charge in [-0.1, -0.05) is 48.9 Å². The summed E-state index contributed by atoms with van der Waals surface area (Å²) in [6.07, 6.45) is 0.392. The molecular formula is C22H24N2O3S2. The molecule has 0 bridgehead atoms. The molecule has 0 aliphatic carbocycles. The normalized spacial score (nSPS) is 11.5. The number of anilines is 1. The van der Waals surface area contributed by atoms with Crippen molar-refractivity contribution in [3.8, 4) is 21.6 Å². The van der Waals surface area contributed by atoms with Gasteiger partial charge in [0.15, 0.2) is 5.78 Å². The third-order valence-corrected chi connectivity index (χ3v) is 6.89. The van der Waals surface area contributed by atoms with Gasteiger partial charge in [-0.05, 0) is 30.2 Å². The highest BCUT2D eigenvalue weighted by molar-refractivity contribution is 7.89. The molecule has 3 aromatic rings. The third kappa shape index (κ3) is 4.27. The molecule has 2 N–H and O–H groups in total. The van der Waals surface area contributed by atoms with E-state index in [1.54, 1.807) is 12.1 Å². The van der Waals surface area contributed by atoms with Crippen molar-refractivity contribution in [1.29, 1.82) is 0 Å². The van der Waals surface area contributed by atoms with Gasteiger partial charge < -0.3 is 4.90 Å². The van der Waals surface area contributed by atoms with E-state index >= 15 is 0 Å². The van der Waals surface area contributed by atoms with Crippen molar-refractivity contribution in [2.75, 3.05) is 19.0 Å². The molecule has 2 aromatic carbocycles. The van der Waals surface area contributed by atoms with E-state index in [9.17, 15) is 13.2 Å². The molecule has 0 aliphatic heterocycles. The van der Waals surface area contributed by atoms with E-state index in [0.717, 1.165) is 27.3 Å². The summed E-state index contributed by atoms with van der Waals surface area (Å²) in [5, 5.41) is 5.23. The van der Waals surface area contributed by atoms with Crippen molar-refractivity contribution in [2.45, 2.75) is 25.2 Å². The lowest BCUT2D eigenvalue weighted by molar-refractivity contribution is 0.0992. The minimum Gasteiger partial charge on any atom is -0.376 e. The number of hydrogen-bond acceptors (Lipinski definition) is 5. The first-order valence-corrected chi connectivity index (χ1v) is 11.6. The number of carbonyl (C=O) groups excluding carboxylic acids is 1. The fourth-order valence-corrected chi connectivity index (χ4v) is 5.12. The maximum Gasteiger partial charge on any atom is 0.238 e. The SMILES string of the molecule is CCC(=O)c1sc(-c2ccc(C)cc2)c(N(C)C)c1-c1ccc(S(N)(=O)=O)cc1. The van der Waals surface area contributed by atoms with Crippen molar-refractivity contribution in [3.63, 3.8) is 0 Å². The molecule has 0 radical (unpaired) electrons. The van der Waals surface area contributed by atoms with E-state index in [0.29, 0.717) is 11.3 Å². The van der Waals surface area contributed by atoms with Crippen LogP contribution in [-0.4, -0.2) is 28.3 Å². The molecule has 152 valence electrons. The lowest BCUT2D eigenvalue weighted by Crippen LogP contribution is -2.12. The molecule has 29 heavy (non-hydrogen) atoms. The first kappa shape index (κ1) is 21.2. The van der Waals surface area contributed by atoms with Crippen LogP contribution in [0.4, 0.5) is 5.69 Å². The molecule has 0 aliphatic rings. The summed E-state index contributed by atoms with van der Waals surface area (Å²) in [5.74, 6) is 0.0574. The van der Waals surface area contributed by atoms with Gasteiger partial charge in [-0.2, -0.15) is 0 Å². The zero-order valence-electron chi connectivity index (χ0n) is 16.9. The molecule has 0 amide bonds. The molecule has 5 nitrogen and oxygen atoms in total. The third-order valence-electron chi connectivity index (χ3n) is 4.69. The van der Waals surface area contributed by atoms with Gasteiger partial charge in [-0.15, -0.1) is 11.3 Å². The van der Waals surface area contributed by atoms with E-state index in [2.05, 4.69) is 24.3 Å². The second-order valence-electron chi connectivity index (χ2n) is 7.09. The monoisotopic (exact) mass is 428 g/mol. The van der Waals surface area contributed by atoms with Crippen LogP contribution in [0, 0.1) is 6.92 Å². The van der Waals surface area contributed by atoms with Gasteiger partial charge in [0.05, 0.1) is 20.3 Å². The molecule has 0 atom stereocenters. The molecule has 1 aromatic heterocycles. The van der Waals surface area contributed by atoms with E-state index < -0.39 is 10.0 Å². The summed E-state index contributed by atoms with van der Waals surface area (Å²) in [5.41, 5.74) is 4.76. The summed E-state index contributed by atoms with van der Waals surface area (Å²) >= 11 is 1.48. The minimum absolute atomic E-state index is 0.0463. The number of Topliss-reactive ketones (excluding diaryl/α,β-unsaturated/α-hetero) is 1. The van der Waals surface area contributed by atoms with Crippen LogP contribution in [0.15, 0.2) is 53.4 Å². The largest absolute Gasteiger partial charge is 0.376 e. The quantitative estimate of drug-likeness (QED) is 0.577. The summed E-state index contributed by atoms with van der Waals surface area (Å²) in [4.78, 5) is 16.5. The lowest BCUT2D eigenvalue weighted by Gasteiger charge is -2.17. The van der Waals surface area contributed by atoms with E-state index in [4.69, 9.17) is 5.14 Å². The topological polar surface area (TPSA) is 80.5 Å². The number of hydrogen-bond donors (Lipinski definition) is 1. The molecule has 0 fully saturated rings. The van der Waals surface area contributed by atoms with E-state index in [1.165, 1.54) is 29.0 Å². The Morgan fingerprint density at radius 1 is 1.00 bits per heavy atom. The van der Waals surface area contributed by atoms with Crippen LogP contribution in [0.1, 0.15) is 28.6 Å². The van der Waals surface area contributed by atoms with Gasteiger partial charge >= 0.3 is 0 Å². The number of aryl methyl sites for hydroxylation is 1. The molecular weight excluding hydrogens is 404 g/mol. The maximum atomic E-state index is 12.8. The number of ketones is 1. The lowest BCUT2D eigenvalue weighted by atomic mass is 9.99. The predicted molar refractivity (Wildman–Crippen MR) is 120 cm³/mol. The maximum absolute atomic E-state index is 12.8. The molecule has 0 saturated heterocycles. The van der Waals surface area contributed by atoms with E-state index in [1.807, 2.05) is 32.8 Å². The Bertz CT molecular complexity index is 1140. The first-order chi connectivity index (χ1) is 13.6. The molecule has 7 heteroatoms. The molecule has 0 saturated carbocycles. The predicted octanol–water partition coefficient (Wildman–Crippen LogP) is 4.70. The van der Waals surface area contributed by atoms with Gasteiger partial charge in [-0.25, -0.2) is 13.6 Å². The van der Waals surface area contributed by atoms with Gasteiger partial charge in [0.25, 0.3) is 0 Å². The van der Waals surface area contributed by atoms with Crippen LogP contribution in [0.3, 0.4) is 0 Å². The van der Waals surface area contributed by atoms with Gasteiger partial charge in [0.1, 0.15) is 0 Å². The van der Waals surface area contributed by atoms with Crippen molar-refractivity contribution >= 4 is 32.8 Å². The van der Waals surface area contributed by atoms with Crippen molar-refractivity contribution < 1.29 is 13.2 Å². The number of thiophene rings is 1. The second kappa shape index (κ2) is 8.10. The summed E-state index contributed by atoms with van der Waals surface area (Å²) in [6.45, 7) is 3.88. The molecule has 0 spiro atoms. The van der Waals surface area contributed by atoms with Crippen molar-refractivity contribution in [2.24, 2.45) is 5.14 Å². The van der Waals surface area contributed by atoms with Gasteiger partial charge in [0, 0.05) is 26.1 Å². The minimum atomic E-state index is -3.78. The number of nitrogens with two attached hydrogens (primary N) is 1. The highest BCUT2D eigenvalue weighted by Gasteiger charge is 2.25. The summed E-state index contributed by atoms with van der Waals surface area (Å²) in [6, 6.07) is 14.6. The number of carbonyl (C=O) groups is 1. The second-order valence-corrected chi connectivity index (χ2v) is 9.67. The number of primary sulfonamides is 1. The van der Waals surface area contributed by atoms with E-state index in [-0.39, 0.29) is 10.7 Å². The molecule has 1 heterocycles. The Morgan fingerprint density at radius 3 is 2.03 bits per heavy atom. The van der Waals surface area contributed by atoms with Crippen LogP contribution in [0.5, 0.6) is 0 Å². The van der Waals surface area contributed by atoms with Crippen LogP contribution in [0.25, 0.3) is 21.6 Å². The Morgan fingerprint density at radius 2 is 1.55 bits per heavy atom. The zero-order valence-corrected chi connectivity index (χ0v) is 18.5. The Kier molecular flexibility index (Phi) is 5.93. The Balaban J connectivity index is 2.29. The molecule has 0 unspecified atom stereocenters. The fraction of sp³-hybridized carbons (Fsp3) is 0.227. The van der Waals surface area contributed by atoms with Gasteiger partial charge in [-0.3, -0.25) is 4.79 Å². The molecule has 3 rings (SSSR count). The number of benzene rings is 2. The Hall–Kier alpha value is -2.48. The van der Waals surface area contributed by atoms with Crippen LogP contribution in [0.2, 0.25) is 0 Å². The number of nitrogens with zero attached hydrogens (tertiary/aromatic N) is 1. The van der Waals surface area contributed by atoms with Crippen LogP contribution >= 0.6 is 11.3 Å². The summed E-state index contributed by atoms with van der Waals surface area (Å²) < 4.78 is 23.2. The van der Waals surface area contributed by atoms with Crippen molar-refractivity contribution in [1.82, 2.24) is 0 Å². The highest BCUT2D eigenvalue weighted by Crippen LogP contribution is 2.48. The smallest absolute Gasteiger partial charge is 0.238 e. The van der Waals surface area contributed by atoms with Crippen molar-refractivity contribution in [3.05, 3.63) is 59.0 Å². The highest BCUT2D eigenvalue weighted by atomic mass is 32.2. The Labute approximate surface area is 175 Å². The average Bonchev–Trinajstić information content (AvgIpc) is 3.08. The number of sulfonamides is 1. The van der Waals surface area contributed by atoms with Crippen LogP contribution in [-0.2, 0) is 10.0 Å². The zero-order chi connectivity index (χ0) is 21.3.